The molecular formula is C58H43N. The van der Waals surface area contributed by atoms with Crippen molar-refractivity contribution in [2.24, 2.45) is 0 Å². The topological polar surface area (TPSA) is 3.24 Å². The summed E-state index contributed by atoms with van der Waals surface area (Å²) >= 11 is 0. The van der Waals surface area contributed by atoms with E-state index in [1.165, 1.54) is 77.9 Å². The molecule has 0 radical (unpaired) electrons. The zero-order chi connectivity index (χ0) is 39.6. The summed E-state index contributed by atoms with van der Waals surface area (Å²) in [4.78, 5) is 2.50. The Morgan fingerprint density at radius 2 is 0.780 bits per heavy atom. The molecule has 9 aromatic rings. The van der Waals surface area contributed by atoms with E-state index in [9.17, 15) is 0 Å². The van der Waals surface area contributed by atoms with Gasteiger partial charge < -0.3 is 4.90 Å². The van der Waals surface area contributed by atoms with Crippen molar-refractivity contribution in [1.29, 1.82) is 0 Å². The largest absolute Gasteiger partial charge is 0.310 e. The molecule has 59 heavy (non-hydrogen) atoms. The van der Waals surface area contributed by atoms with Gasteiger partial charge in [0.25, 0.3) is 0 Å². The van der Waals surface area contributed by atoms with Gasteiger partial charge in [-0.15, -0.1) is 0 Å². The maximum Gasteiger partial charge on any atom is 0.0714 e. The van der Waals surface area contributed by atoms with Gasteiger partial charge in [-0.1, -0.05) is 202 Å². The summed E-state index contributed by atoms with van der Waals surface area (Å²) in [6.07, 6.45) is 0. The lowest BCUT2D eigenvalue weighted by Gasteiger charge is -2.35. The number of benzene rings is 9. The molecule has 0 N–H and O–H groups in total. The van der Waals surface area contributed by atoms with Gasteiger partial charge in [0.1, 0.15) is 0 Å². The minimum atomic E-state index is -0.569. The molecule has 0 saturated carbocycles. The Hall–Kier alpha value is -7.22. The zero-order valence-electron chi connectivity index (χ0n) is 33.3. The van der Waals surface area contributed by atoms with Crippen LogP contribution < -0.4 is 4.90 Å². The standard InChI is InChI=1S/C58H43N/c1-57(2)52-30-15-12-28-48(52)50-35-33-45(38-54(50)57)59(56-32-17-14-27-47(56)41-21-8-4-9-22-41)46-34-36-51-49-29-13-16-31-53(49)58(55(51)39-46,43-24-10-5-11-25-43)44-26-18-23-42(37-44)40-19-6-3-7-20-40/h3-39H,1-2H3. The molecule has 2 aliphatic rings. The van der Waals surface area contributed by atoms with Crippen LogP contribution in [0.2, 0.25) is 0 Å². The van der Waals surface area contributed by atoms with Gasteiger partial charge in [0, 0.05) is 22.4 Å². The molecule has 0 heterocycles. The van der Waals surface area contributed by atoms with E-state index >= 15 is 0 Å². The van der Waals surface area contributed by atoms with Crippen molar-refractivity contribution in [3.05, 3.63) is 258 Å². The molecule has 0 fully saturated rings. The van der Waals surface area contributed by atoms with Crippen molar-refractivity contribution in [2.75, 3.05) is 4.90 Å². The highest BCUT2D eigenvalue weighted by atomic mass is 15.1. The summed E-state index contributed by atoms with van der Waals surface area (Å²) in [5.74, 6) is 0. The number of hydrogen-bond acceptors (Lipinski definition) is 1. The predicted octanol–water partition coefficient (Wildman–Crippen LogP) is 15.2. The van der Waals surface area contributed by atoms with Crippen LogP contribution in [-0.2, 0) is 10.8 Å². The minimum Gasteiger partial charge on any atom is -0.310 e. The van der Waals surface area contributed by atoms with Crippen LogP contribution in [0.1, 0.15) is 47.2 Å². The normalized spacial score (nSPS) is 15.5. The van der Waals surface area contributed by atoms with Crippen molar-refractivity contribution in [1.82, 2.24) is 0 Å². The molecule has 9 aromatic carbocycles. The van der Waals surface area contributed by atoms with Crippen LogP contribution in [0.25, 0.3) is 44.5 Å². The summed E-state index contributed by atoms with van der Waals surface area (Å²) in [5, 5.41) is 0. The lowest BCUT2D eigenvalue weighted by molar-refractivity contribution is 0.660. The van der Waals surface area contributed by atoms with Crippen LogP contribution in [0, 0.1) is 0 Å². The Labute approximate surface area is 347 Å². The summed E-state index contributed by atoms with van der Waals surface area (Å²) in [6, 6.07) is 83.1. The molecule has 2 aliphatic carbocycles. The Morgan fingerprint density at radius 3 is 1.47 bits per heavy atom. The maximum atomic E-state index is 2.50. The monoisotopic (exact) mass is 753 g/mol. The molecule has 0 aliphatic heterocycles. The van der Waals surface area contributed by atoms with E-state index in [0.717, 1.165) is 17.1 Å². The summed E-state index contributed by atoms with van der Waals surface area (Å²) in [5.41, 5.74) is 20.5. The highest BCUT2D eigenvalue weighted by Gasteiger charge is 2.46. The quantitative estimate of drug-likeness (QED) is 0.157. The average molecular weight is 754 g/mol. The highest BCUT2D eigenvalue weighted by molar-refractivity contribution is 5.94. The van der Waals surface area contributed by atoms with Gasteiger partial charge in [-0.05, 0) is 109 Å². The van der Waals surface area contributed by atoms with Gasteiger partial charge in [-0.2, -0.15) is 0 Å². The number of para-hydroxylation sites is 1. The second-order valence-corrected chi connectivity index (χ2v) is 16.5. The Kier molecular flexibility index (Phi) is 8.13. The molecule has 11 rings (SSSR count). The highest BCUT2D eigenvalue weighted by Crippen LogP contribution is 2.58. The van der Waals surface area contributed by atoms with E-state index in [4.69, 9.17) is 0 Å². The third-order valence-corrected chi connectivity index (χ3v) is 13.0. The maximum absolute atomic E-state index is 2.50. The summed E-state index contributed by atoms with van der Waals surface area (Å²) in [7, 11) is 0. The summed E-state index contributed by atoms with van der Waals surface area (Å²) < 4.78 is 0. The van der Waals surface area contributed by atoms with Crippen molar-refractivity contribution in [3.63, 3.8) is 0 Å². The molecule has 0 amide bonds. The first-order valence-electron chi connectivity index (χ1n) is 20.7. The number of fused-ring (bicyclic) bond motifs is 6. The fourth-order valence-electron chi connectivity index (χ4n) is 10.2. The van der Waals surface area contributed by atoms with Gasteiger partial charge in [0.05, 0.1) is 11.1 Å². The molecule has 0 aromatic heterocycles. The van der Waals surface area contributed by atoms with E-state index in [0.29, 0.717) is 0 Å². The van der Waals surface area contributed by atoms with Gasteiger partial charge >= 0.3 is 0 Å². The fourth-order valence-corrected chi connectivity index (χ4v) is 10.2. The third-order valence-electron chi connectivity index (χ3n) is 13.0. The van der Waals surface area contributed by atoms with Crippen LogP contribution in [0.4, 0.5) is 17.1 Å². The van der Waals surface area contributed by atoms with Gasteiger partial charge in [0.15, 0.2) is 0 Å². The Bertz CT molecular complexity index is 3020. The first-order chi connectivity index (χ1) is 29.0. The van der Waals surface area contributed by atoms with Crippen molar-refractivity contribution in [2.45, 2.75) is 24.7 Å². The van der Waals surface area contributed by atoms with E-state index < -0.39 is 5.41 Å². The van der Waals surface area contributed by atoms with Gasteiger partial charge in [-0.3, -0.25) is 0 Å². The molecule has 0 saturated heterocycles. The molecule has 280 valence electrons. The first-order valence-corrected chi connectivity index (χ1v) is 20.7. The van der Waals surface area contributed by atoms with Crippen molar-refractivity contribution < 1.29 is 0 Å². The van der Waals surface area contributed by atoms with Crippen molar-refractivity contribution in [3.8, 4) is 44.5 Å². The Morgan fingerprint density at radius 1 is 0.305 bits per heavy atom. The van der Waals surface area contributed by atoms with Crippen LogP contribution in [0.3, 0.4) is 0 Å². The zero-order valence-corrected chi connectivity index (χ0v) is 33.3. The van der Waals surface area contributed by atoms with Crippen LogP contribution in [0.5, 0.6) is 0 Å². The van der Waals surface area contributed by atoms with E-state index in [1.807, 2.05) is 0 Å². The molecule has 1 heteroatoms. The first kappa shape index (κ1) is 35.0. The summed E-state index contributed by atoms with van der Waals surface area (Å²) in [6.45, 7) is 4.74. The lowest BCUT2D eigenvalue weighted by Crippen LogP contribution is -2.29. The molecule has 0 bridgehead atoms. The fraction of sp³-hybridized carbons (Fsp3) is 0.0690. The van der Waals surface area contributed by atoms with Gasteiger partial charge in [0.2, 0.25) is 0 Å². The second-order valence-electron chi connectivity index (χ2n) is 16.5. The van der Waals surface area contributed by atoms with E-state index in [1.54, 1.807) is 0 Å². The number of anilines is 3. The predicted molar refractivity (Wildman–Crippen MR) is 247 cm³/mol. The minimum absolute atomic E-state index is 0.141. The van der Waals surface area contributed by atoms with Crippen molar-refractivity contribution >= 4 is 17.1 Å². The second kappa shape index (κ2) is 13.7. The number of hydrogen-bond donors (Lipinski definition) is 0. The SMILES string of the molecule is CC1(C)c2ccccc2-c2ccc(N(c3ccc4c(c3)C(c3ccccc3)(c3cccc(-c5ccccc5)c3)c3ccccc3-4)c3ccccc3-c3ccccc3)cc21. The smallest absolute Gasteiger partial charge is 0.0714 e. The van der Waals surface area contributed by atoms with Gasteiger partial charge in [-0.25, -0.2) is 0 Å². The molecule has 1 nitrogen and oxygen atoms in total. The number of rotatable bonds is 7. The van der Waals surface area contributed by atoms with E-state index in [2.05, 4.69) is 243 Å². The Balaban J connectivity index is 1.19. The third kappa shape index (κ3) is 5.39. The lowest BCUT2D eigenvalue weighted by atomic mass is 9.67. The molecular weight excluding hydrogens is 711 g/mol. The van der Waals surface area contributed by atoms with Crippen LogP contribution in [-0.4, -0.2) is 0 Å². The van der Waals surface area contributed by atoms with Crippen LogP contribution >= 0.6 is 0 Å². The number of nitrogens with zero attached hydrogens (tertiary/aromatic N) is 1. The van der Waals surface area contributed by atoms with Crippen LogP contribution in [0.15, 0.2) is 224 Å². The molecule has 1 unspecified atom stereocenters. The van der Waals surface area contributed by atoms with E-state index in [-0.39, 0.29) is 5.41 Å². The molecule has 0 spiro atoms. The average Bonchev–Trinajstić information content (AvgIpc) is 3.73. The molecule has 1 atom stereocenters.